The minimum Gasteiger partial charge on any atom is -0.369 e. The van der Waals surface area contributed by atoms with E-state index in [1.165, 1.54) is 18.2 Å². The molecule has 3 nitrogen and oxygen atoms in total. The van der Waals surface area contributed by atoms with E-state index >= 15 is 0 Å². The Morgan fingerprint density at radius 1 is 1.39 bits per heavy atom. The Labute approximate surface area is 104 Å². The Morgan fingerprint density at radius 2 is 2.06 bits per heavy atom. The monoisotopic (exact) mass is 281 g/mol. The minimum atomic E-state index is -4.17. The summed E-state index contributed by atoms with van der Waals surface area (Å²) in [5.41, 5.74) is 5.96. The summed E-state index contributed by atoms with van der Waals surface area (Å²) in [5.74, 6) is -4.42. The van der Waals surface area contributed by atoms with Gasteiger partial charge in [0, 0.05) is 5.02 Å². The van der Waals surface area contributed by atoms with Crippen molar-refractivity contribution in [2.75, 3.05) is 5.73 Å². The van der Waals surface area contributed by atoms with Crippen molar-refractivity contribution in [3.8, 4) is 0 Å². The number of nitrogens with two attached hydrogens (primary N) is 1. The first-order valence-corrected chi connectivity index (χ1v) is 5.26. The highest BCUT2D eigenvalue weighted by Crippen LogP contribution is 2.29. The fourth-order valence-electron chi connectivity index (χ4n) is 1.57. The van der Waals surface area contributed by atoms with E-state index in [0.717, 1.165) is 4.57 Å². The van der Waals surface area contributed by atoms with Gasteiger partial charge in [0.2, 0.25) is 5.95 Å². The maximum Gasteiger partial charge on any atom is 0.324 e. The number of benzene rings is 1. The Balaban J connectivity index is 2.48. The zero-order valence-electron chi connectivity index (χ0n) is 8.88. The number of hydrogen-bond donors (Lipinski definition) is 1. The summed E-state index contributed by atoms with van der Waals surface area (Å²) in [6, 6.07) is 4.27. The summed E-state index contributed by atoms with van der Waals surface area (Å²) in [7, 11) is 0. The van der Waals surface area contributed by atoms with Crippen LogP contribution in [-0.2, 0) is 6.54 Å². The van der Waals surface area contributed by atoms with E-state index < -0.39 is 18.9 Å². The molecule has 0 saturated carbocycles. The molecule has 18 heavy (non-hydrogen) atoms. The van der Waals surface area contributed by atoms with Gasteiger partial charge in [-0.15, -0.1) is 0 Å². The first kappa shape index (κ1) is 12.9. The van der Waals surface area contributed by atoms with Gasteiger partial charge >= 0.3 is 12.3 Å². The summed E-state index contributed by atoms with van der Waals surface area (Å²) in [5, 5.41) is 0.354. The molecule has 1 aromatic heterocycles. The van der Waals surface area contributed by atoms with Crippen molar-refractivity contribution < 1.29 is 17.6 Å². The summed E-state index contributed by atoms with van der Waals surface area (Å²) in [6.07, 6.45) is -3.76. The lowest BCUT2D eigenvalue weighted by Gasteiger charge is -2.16. The highest BCUT2D eigenvalue weighted by molar-refractivity contribution is 6.31. The van der Waals surface area contributed by atoms with E-state index in [-0.39, 0.29) is 17.0 Å². The molecule has 2 rings (SSSR count). The van der Waals surface area contributed by atoms with Gasteiger partial charge in [-0.3, -0.25) is 0 Å². The van der Waals surface area contributed by atoms with Crippen LogP contribution in [0.5, 0.6) is 0 Å². The molecule has 0 amide bonds. The molecule has 0 aliphatic rings. The topological polar surface area (TPSA) is 43.8 Å². The van der Waals surface area contributed by atoms with Crippen LogP contribution in [0.1, 0.15) is 0 Å². The normalized spacial score (nSPS) is 12.6. The lowest BCUT2D eigenvalue weighted by molar-refractivity contribution is -0.136. The fourth-order valence-corrected chi connectivity index (χ4v) is 1.73. The number of rotatable bonds is 3. The maximum atomic E-state index is 13.0. The highest BCUT2D eigenvalue weighted by Gasteiger charge is 2.41. The molecule has 0 radical (unpaired) electrons. The molecule has 2 aromatic rings. The molecule has 0 unspecified atom stereocenters. The Morgan fingerprint density at radius 3 is 2.67 bits per heavy atom. The fraction of sp³-hybridized carbons (Fsp3) is 0.300. The van der Waals surface area contributed by atoms with Gasteiger partial charge in [-0.2, -0.15) is 8.78 Å². The first-order chi connectivity index (χ1) is 8.31. The summed E-state index contributed by atoms with van der Waals surface area (Å²) >= 11 is 5.71. The Hall–Kier alpha value is -1.50. The molecule has 98 valence electrons. The average Bonchev–Trinajstić information content (AvgIpc) is 2.54. The molecule has 0 atom stereocenters. The lowest BCUT2D eigenvalue weighted by Crippen LogP contribution is -2.32. The molecule has 0 aliphatic carbocycles. The molecule has 1 aromatic carbocycles. The van der Waals surface area contributed by atoms with Crippen molar-refractivity contribution >= 4 is 28.6 Å². The van der Waals surface area contributed by atoms with E-state index in [0.29, 0.717) is 5.02 Å². The van der Waals surface area contributed by atoms with Crippen LogP contribution in [0.4, 0.5) is 23.5 Å². The number of aromatic nitrogens is 2. The molecule has 0 fully saturated rings. The van der Waals surface area contributed by atoms with Gasteiger partial charge in [0.15, 0.2) is 0 Å². The third-order valence-electron chi connectivity index (χ3n) is 2.43. The average molecular weight is 282 g/mol. The summed E-state index contributed by atoms with van der Waals surface area (Å²) < 4.78 is 51.2. The molecular weight excluding hydrogens is 274 g/mol. The van der Waals surface area contributed by atoms with Crippen molar-refractivity contribution in [2.24, 2.45) is 0 Å². The van der Waals surface area contributed by atoms with Gasteiger partial charge in [-0.05, 0) is 18.2 Å². The van der Waals surface area contributed by atoms with Crippen LogP contribution < -0.4 is 5.73 Å². The Bertz CT molecular complexity index is 582. The van der Waals surface area contributed by atoms with Crippen molar-refractivity contribution in [3.63, 3.8) is 0 Å². The van der Waals surface area contributed by atoms with Crippen molar-refractivity contribution in [2.45, 2.75) is 18.9 Å². The highest BCUT2D eigenvalue weighted by atomic mass is 35.5. The molecule has 0 aliphatic heterocycles. The number of nitrogens with zero attached hydrogens (tertiary/aromatic N) is 2. The van der Waals surface area contributed by atoms with Crippen molar-refractivity contribution in [3.05, 3.63) is 23.2 Å². The molecule has 0 saturated heterocycles. The predicted molar refractivity (Wildman–Crippen MR) is 60.1 cm³/mol. The van der Waals surface area contributed by atoms with Gasteiger partial charge in [-0.1, -0.05) is 11.6 Å². The van der Waals surface area contributed by atoms with Crippen LogP contribution in [0.15, 0.2) is 18.2 Å². The van der Waals surface area contributed by atoms with Crippen LogP contribution in [0.3, 0.4) is 0 Å². The largest absolute Gasteiger partial charge is 0.369 e. The zero-order valence-corrected chi connectivity index (χ0v) is 9.63. The quantitative estimate of drug-likeness (QED) is 0.878. The number of nitrogen functional groups attached to an aromatic ring is 1. The van der Waals surface area contributed by atoms with Gasteiger partial charge in [0.1, 0.15) is 0 Å². The second-order valence-corrected chi connectivity index (χ2v) is 4.19. The van der Waals surface area contributed by atoms with Crippen LogP contribution in [0.25, 0.3) is 11.0 Å². The number of fused-ring (bicyclic) bond motifs is 1. The van der Waals surface area contributed by atoms with E-state index in [4.69, 9.17) is 17.3 Å². The third kappa shape index (κ3) is 2.22. The van der Waals surface area contributed by atoms with Gasteiger partial charge in [0.25, 0.3) is 0 Å². The number of imidazole rings is 1. The Kier molecular flexibility index (Phi) is 3.10. The first-order valence-electron chi connectivity index (χ1n) is 4.88. The predicted octanol–water partition coefficient (Wildman–Crippen LogP) is 3.17. The van der Waals surface area contributed by atoms with Gasteiger partial charge < -0.3 is 10.3 Å². The van der Waals surface area contributed by atoms with Crippen LogP contribution in [0, 0.1) is 0 Å². The number of hydrogen-bond acceptors (Lipinski definition) is 2. The van der Waals surface area contributed by atoms with Crippen molar-refractivity contribution in [1.29, 1.82) is 0 Å². The molecule has 0 spiro atoms. The number of alkyl halides is 4. The molecule has 1 heterocycles. The third-order valence-corrected chi connectivity index (χ3v) is 2.66. The molecular formula is C10H8ClF4N3. The maximum absolute atomic E-state index is 13.0. The second-order valence-electron chi connectivity index (χ2n) is 3.75. The lowest BCUT2D eigenvalue weighted by atomic mass is 10.3. The molecule has 8 heteroatoms. The van der Waals surface area contributed by atoms with E-state index in [2.05, 4.69) is 4.98 Å². The van der Waals surface area contributed by atoms with Gasteiger partial charge in [0.05, 0.1) is 17.6 Å². The zero-order chi connectivity index (χ0) is 13.5. The molecule has 0 bridgehead atoms. The number of halogens is 5. The van der Waals surface area contributed by atoms with Crippen LogP contribution >= 0.6 is 11.6 Å². The van der Waals surface area contributed by atoms with E-state index in [1.807, 2.05) is 0 Å². The minimum absolute atomic E-state index is 0.234. The SMILES string of the molecule is Nc1nc2cc(Cl)ccc2n1CC(F)(F)C(F)F. The second kappa shape index (κ2) is 4.31. The van der Waals surface area contributed by atoms with E-state index in [1.54, 1.807) is 0 Å². The smallest absolute Gasteiger partial charge is 0.324 e. The summed E-state index contributed by atoms with van der Waals surface area (Å²) in [4.78, 5) is 3.80. The standard InChI is InChI=1S/C10H8ClF4N3/c11-5-1-2-7-6(3-5)17-9(16)18(7)4-10(14,15)8(12)13/h1-3,8H,4H2,(H2,16,17). The van der Waals surface area contributed by atoms with Gasteiger partial charge in [-0.25, -0.2) is 13.8 Å². The van der Waals surface area contributed by atoms with Crippen LogP contribution in [0.2, 0.25) is 5.02 Å². The number of anilines is 1. The van der Waals surface area contributed by atoms with Crippen LogP contribution in [-0.4, -0.2) is 21.9 Å². The van der Waals surface area contributed by atoms with E-state index in [9.17, 15) is 17.6 Å². The summed E-state index contributed by atoms with van der Waals surface area (Å²) in [6.45, 7) is -1.23. The molecule has 2 N–H and O–H groups in total. The van der Waals surface area contributed by atoms with Crippen molar-refractivity contribution in [1.82, 2.24) is 9.55 Å².